The molecule has 2 aliphatic rings. The van der Waals surface area contributed by atoms with Crippen LogP contribution in [0.25, 0.3) is 0 Å². The van der Waals surface area contributed by atoms with Crippen molar-refractivity contribution >= 4 is 0 Å². The highest BCUT2D eigenvalue weighted by Gasteiger charge is 2.60. The fraction of sp³-hybridized carbons (Fsp3) is 0.684. The Morgan fingerprint density at radius 3 is 2.33 bits per heavy atom. The maximum atomic E-state index is 5.16. The summed E-state index contributed by atoms with van der Waals surface area (Å²) >= 11 is 0. The summed E-state index contributed by atoms with van der Waals surface area (Å²) in [4.78, 5) is 0. The van der Waals surface area contributed by atoms with Gasteiger partial charge in [-0.3, -0.25) is 0 Å². The maximum absolute atomic E-state index is 5.16. The topological polar surface area (TPSA) is 21.3 Å². The van der Waals surface area contributed by atoms with Crippen LogP contribution in [-0.2, 0) is 17.9 Å². The Kier molecular flexibility index (Phi) is 3.87. The van der Waals surface area contributed by atoms with Crippen molar-refractivity contribution < 1.29 is 4.74 Å². The van der Waals surface area contributed by atoms with Gasteiger partial charge in [0.15, 0.2) is 0 Å². The molecule has 1 aromatic rings. The molecule has 0 heterocycles. The van der Waals surface area contributed by atoms with Crippen LogP contribution in [0.3, 0.4) is 0 Å². The van der Waals surface area contributed by atoms with Crippen molar-refractivity contribution in [1.82, 2.24) is 5.32 Å². The van der Waals surface area contributed by atoms with Gasteiger partial charge in [0.2, 0.25) is 0 Å². The van der Waals surface area contributed by atoms with Gasteiger partial charge in [-0.1, -0.05) is 45.0 Å². The molecule has 21 heavy (non-hydrogen) atoms. The van der Waals surface area contributed by atoms with Crippen LogP contribution in [0.5, 0.6) is 0 Å². The summed E-state index contributed by atoms with van der Waals surface area (Å²) in [5, 5.41) is 3.85. The average molecular weight is 287 g/mol. The van der Waals surface area contributed by atoms with Crippen LogP contribution in [0, 0.1) is 16.7 Å². The normalized spacial score (nSPS) is 33.5. The van der Waals surface area contributed by atoms with Crippen LogP contribution in [-0.4, -0.2) is 13.2 Å². The van der Waals surface area contributed by atoms with E-state index >= 15 is 0 Å². The minimum Gasteiger partial charge on any atom is -0.380 e. The molecule has 116 valence electrons. The minimum absolute atomic E-state index is 0.466. The second kappa shape index (κ2) is 5.40. The standard InChI is InChI=1S/C19H29NO/c1-18(2)16-9-10-19(18,3)17(11-16)20-12-14-5-7-15(8-6-14)13-21-4/h5-8,16-17,20H,9-13H2,1-4H3. The number of ether oxygens (including phenoxy) is 1. The molecule has 2 fully saturated rings. The Balaban J connectivity index is 1.61. The van der Waals surface area contributed by atoms with E-state index in [1.807, 2.05) is 0 Å². The van der Waals surface area contributed by atoms with Crippen molar-refractivity contribution in [1.29, 1.82) is 0 Å². The molecular weight excluding hydrogens is 258 g/mol. The number of hydrogen-bond acceptors (Lipinski definition) is 2. The highest BCUT2D eigenvalue weighted by molar-refractivity contribution is 5.22. The van der Waals surface area contributed by atoms with Crippen molar-refractivity contribution in [3.8, 4) is 0 Å². The summed E-state index contributed by atoms with van der Waals surface area (Å²) in [6.45, 7) is 9.14. The summed E-state index contributed by atoms with van der Waals surface area (Å²) in [6.07, 6.45) is 4.16. The minimum atomic E-state index is 0.466. The van der Waals surface area contributed by atoms with Crippen molar-refractivity contribution in [2.24, 2.45) is 16.7 Å². The first-order valence-corrected chi connectivity index (χ1v) is 8.27. The third-order valence-corrected chi connectivity index (χ3v) is 6.68. The first-order valence-electron chi connectivity index (χ1n) is 8.27. The number of benzene rings is 1. The van der Waals surface area contributed by atoms with Crippen molar-refractivity contribution in [2.45, 2.75) is 59.2 Å². The number of nitrogens with one attached hydrogen (secondary N) is 1. The van der Waals surface area contributed by atoms with Gasteiger partial charge >= 0.3 is 0 Å². The van der Waals surface area contributed by atoms with E-state index in [9.17, 15) is 0 Å². The Morgan fingerprint density at radius 1 is 1.14 bits per heavy atom. The molecule has 3 atom stereocenters. The van der Waals surface area contributed by atoms with Gasteiger partial charge in [0.25, 0.3) is 0 Å². The Hall–Kier alpha value is -0.860. The molecule has 2 saturated carbocycles. The lowest BCUT2D eigenvalue weighted by Crippen LogP contribution is -2.44. The number of rotatable bonds is 5. The maximum Gasteiger partial charge on any atom is 0.0713 e. The zero-order valence-electron chi connectivity index (χ0n) is 13.9. The van der Waals surface area contributed by atoms with Gasteiger partial charge in [-0.2, -0.15) is 0 Å². The second-order valence-corrected chi connectivity index (χ2v) is 7.79. The molecule has 2 aliphatic carbocycles. The second-order valence-electron chi connectivity index (χ2n) is 7.79. The van der Waals surface area contributed by atoms with E-state index < -0.39 is 0 Å². The fourth-order valence-electron chi connectivity index (χ4n) is 4.67. The van der Waals surface area contributed by atoms with Crippen LogP contribution < -0.4 is 5.32 Å². The monoisotopic (exact) mass is 287 g/mol. The lowest BCUT2D eigenvalue weighted by molar-refractivity contribution is 0.120. The molecule has 3 rings (SSSR count). The van der Waals surface area contributed by atoms with E-state index in [-0.39, 0.29) is 0 Å². The molecule has 0 amide bonds. The zero-order chi connectivity index (χ0) is 15.1. The predicted octanol–water partition coefficient (Wildman–Crippen LogP) is 4.14. The first-order chi connectivity index (χ1) is 9.97. The van der Waals surface area contributed by atoms with E-state index in [0.29, 0.717) is 23.5 Å². The summed E-state index contributed by atoms with van der Waals surface area (Å²) in [6, 6.07) is 9.47. The predicted molar refractivity (Wildman–Crippen MR) is 87.0 cm³/mol. The van der Waals surface area contributed by atoms with Gasteiger partial charge < -0.3 is 10.1 Å². The van der Waals surface area contributed by atoms with Crippen molar-refractivity contribution in [2.75, 3.05) is 7.11 Å². The highest BCUT2D eigenvalue weighted by Crippen LogP contribution is 2.65. The number of hydrogen-bond donors (Lipinski definition) is 1. The average Bonchev–Trinajstić information content (AvgIpc) is 2.80. The third kappa shape index (κ3) is 2.43. The molecule has 0 radical (unpaired) electrons. The van der Waals surface area contributed by atoms with E-state index in [2.05, 4.69) is 50.4 Å². The van der Waals surface area contributed by atoms with Crippen LogP contribution >= 0.6 is 0 Å². The van der Waals surface area contributed by atoms with E-state index in [1.165, 1.54) is 30.4 Å². The SMILES string of the molecule is COCc1ccc(CNC2CC3CCC2(C)C3(C)C)cc1. The molecule has 0 aromatic heterocycles. The molecule has 1 N–H and O–H groups in total. The summed E-state index contributed by atoms with van der Waals surface area (Å²) < 4.78 is 5.16. The van der Waals surface area contributed by atoms with Crippen molar-refractivity contribution in [3.63, 3.8) is 0 Å². The van der Waals surface area contributed by atoms with Gasteiger partial charge in [-0.15, -0.1) is 0 Å². The number of fused-ring (bicyclic) bond motifs is 2. The molecule has 0 aliphatic heterocycles. The van der Waals surface area contributed by atoms with Gasteiger partial charge in [-0.05, 0) is 47.1 Å². The molecule has 1 aromatic carbocycles. The fourth-order valence-corrected chi connectivity index (χ4v) is 4.67. The zero-order valence-corrected chi connectivity index (χ0v) is 13.9. The number of methoxy groups -OCH3 is 1. The van der Waals surface area contributed by atoms with E-state index in [4.69, 9.17) is 4.74 Å². The quantitative estimate of drug-likeness (QED) is 0.879. The van der Waals surface area contributed by atoms with Crippen LogP contribution in [0.1, 0.15) is 51.2 Å². The van der Waals surface area contributed by atoms with Crippen LogP contribution in [0.4, 0.5) is 0 Å². The molecule has 3 unspecified atom stereocenters. The van der Waals surface area contributed by atoms with Gasteiger partial charge in [0, 0.05) is 19.7 Å². The summed E-state index contributed by atoms with van der Waals surface area (Å²) in [5.41, 5.74) is 3.58. The lowest BCUT2D eigenvalue weighted by Gasteiger charge is -2.39. The largest absolute Gasteiger partial charge is 0.380 e. The van der Waals surface area contributed by atoms with Crippen LogP contribution in [0.15, 0.2) is 24.3 Å². The van der Waals surface area contributed by atoms with E-state index in [0.717, 1.165) is 12.5 Å². The summed E-state index contributed by atoms with van der Waals surface area (Å²) in [5.74, 6) is 0.907. The molecule has 0 saturated heterocycles. The Morgan fingerprint density at radius 2 is 1.81 bits per heavy atom. The van der Waals surface area contributed by atoms with Gasteiger partial charge in [0.1, 0.15) is 0 Å². The Bertz CT molecular complexity index is 493. The van der Waals surface area contributed by atoms with Gasteiger partial charge in [-0.25, -0.2) is 0 Å². The lowest BCUT2D eigenvalue weighted by atomic mass is 9.69. The first kappa shape index (κ1) is 15.1. The Labute approximate surface area is 129 Å². The molecular formula is C19H29NO. The van der Waals surface area contributed by atoms with Crippen LogP contribution in [0.2, 0.25) is 0 Å². The molecule has 2 bridgehead atoms. The molecule has 2 nitrogen and oxygen atoms in total. The smallest absolute Gasteiger partial charge is 0.0713 e. The van der Waals surface area contributed by atoms with Gasteiger partial charge in [0.05, 0.1) is 6.61 Å². The van der Waals surface area contributed by atoms with Crippen molar-refractivity contribution in [3.05, 3.63) is 35.4 Å². The summed E-state index contributed by atoms with van der Waals surface area (Å²) in [7, 11) is 1.74. The third-order valence-electron chi connectivity index (χ3n) is 6.68. The van der Waals surface area contributed by atoms with E-state index in [1.54, 1.807) is 7.11 Å². The molecule has 2 heteroatoms. The highest BCUT2D eigenvalue weighted by atomic mass is 16.5. The molecule has 0 spiro atoms.